The fourth-order valence-corrected chi connectivity index (χ4v) is 4.79. The highest BCUT2D eigenvalue weighted by Gasteiger charge is 2.26. The standard InChI is InChI=1S/C29H32N6O2/c1-22-19-34(27-8-5-9-29(32-27)37-21-24-12-10-23(18-30)11-13-24)15-14-33(22)20-28-31-25-6-3-4-7-26(25)35(28)16-17-36-2/h3-13,22H,14-17,19-21H2,1-2H3/t22-/m0/s1. The number of nitriles is 1. The van der Waals surface area contributed by atoms with E-state index in [2.05, 4.69) is 45.6 Å². The van der Waals surface area contributed by atoms with Gasteiger partial charge in [0.25, 0.3) is 0 Å². The number of fused-ring (bicyclic) bond motifs is 1. The number of rotatable bonds is 9. The summed E-state index contributed by atoms with van der Waals surface area (Å²) >= 11 is 0. The maximum Gasteiger partial charge on any atom is 0.215 e. The van der Waals surface area contributed by atoms with Crippen molar-refractivity contribution in [3.63, 3.8) is 0 Å². The minimum atomic E-state index is 0.342. The zero-order valence-electron chi connectivity index (χ0n) is 21.4. The van der Waals surface area contributed by atoms with E-state index in [-0.39, 0.29) is 0 Å². The lowest BCUT2D eigenvalue weighted by atomic mass is 10.2. The molecule has 8 nitrogen and oxygen atoms in total. The third-order valence-electron chi connectivity index (χ3n) is 6.86. The molecule has 1 aliphatic rings. The van der Waals surface area contributed by atoms with Crippen LogP contribution in [0, 0.1) is 11.3 Å². The summed E-state index contributed by atoms with van der Waals surface area (Å²) in [6.07, 6.45) is 0. The van der Waals surface area contributed by atoms with Crippen LogP contribution in [0.3, 0.4) is 0 Å². The number of hydrogen-bond acceptors (Lipinski definition) is 7. The highest BCUT2D eigenvalue weighted by atomic mass is 16.5. The van der Waals surface area contributed by atoms with Crippen LogP contribution in [-0.4, -0.2) is 58.8 Å². The summed E-state index contributed by atoms with van der Waals surface area (Å²) in [5.41, 5.74) is 3.83. The summed E-state index contributed by atoms with van der Waals surface area (Å²) in [5, 5.41) is 8.97. The van der Waals surface area contributed by atoms with Gasteiger partial charge in [0, 0.05) is 45.4 Å². The molecule has 37 heavy (non-hydrogen) atoms. The number of aromatic nitrogens is 3. The van der Waals surface area contributed by atoms with Crippen LogP contribution in [0.25, 0.3) is 11.0 Å². The van der Waals surface area contributed by atoms with E-state index < -0.39 is 0 Å². The van der Waals surface area contributed by atoms with Crippen molar-refractivity contribution in [1.29, 1.82) is 5.26 Å². The average molecular weight is 497 g/mol. The Kier molecular flexibility index (Phi) is 7.64. The number of pyridine rings is 1. The lowest BCUT2D eigenvalue weighted by molar-refractivity contribution is 0.166. The normalized spacial score (nSPS) is 16.1. The highest BCUT2D eigenvalue weighted by Crippen LogP contribution is 2.23. The molecule has 0 bridgehead atoms. The average Bonchev–Trinajstić information content (AvgIpc) is 3.29. The molecule has 0 saturated carbocycles. The van der Waals surface area contributed by atoms with Gasteiger partial charge >= 0.3 is 0 Å². The number of methoxy groups -OCH3 is 1. The molecular weight excluding hydrogens is 464 g/mol. The van der Waals surface area contributed by atoms with E-state index in [1.807, 2.05) is 36.4 Å². The Hall–Kier alpha value is -3.93. The van der Waals surface area contributed by atoms with Gasteiger partial charge in [-0.1, -0.05) is 30.3 Å². The number of nitrogens with zero attached hydrogens (tertiary/aromatic N) is 6. The Morgan fingerprint density at radius 3 is 2.62 bits per heavy atom. The first kappa shape index (κ1) is 24.8. The van der Waals surface area contributed by atoms with Crippen LogP contribution in [0.5, 0.6) is 5.88 Å². The highest BCUT2D eigenvalue weighted by molar-refractivity contribution is 5.75. The lowest BCUT2D eigenvalue weighted by Gasteiger charge is -2.40. The van der Waals surface area contributed by atoms with E-state index in [4.69, 9.17) is 24.7 Å². The van der Waals surface area contributed by atoms with Crippen molar-refractivity contribution in [3.8, 4) is 11.9 Å². The van der Waals surface area contributed by atoms with Crippen molar-refractivity contribution in [2.45, 2.75) is 32.7 Å². The summed E-state index contributed by atoms with van der Waals surface area (Å²) in [6.45, 7) is 7.61. The molecule has 1 aliphatic heterocycles. The third-order valence-corrected chi connectivity index (χ3v) is 6.86. The van der Waals surface area contributed by atoms with E-state index in [1.165, 1.54) is 0 Å². The minimum absolute atomic E-state index is 0.342. The molecule has 8 heteroatoms. The Morgan fingerprint density at radius 1 is 1.00 bits per heavy atom. The fourth-order valence-electron chi connectivity index (χ4n) is 4.79. The number of hydrogen-bond donors (Lipinski definition) is 0. The van der Waals surface area contributed by atoms with Gasteiger partial charge in [-0.2, -0.15) is 10.2 Å². The first-order chi connectivity index (χ1) is 18.1. The summed E-state index contributed by atoms with van der Waals surface area (Å²) in [7, 11) is 1.74. The molecule has 0 spiro atoms. The van der Waals surface area contributed by atoms with Gasteiger partial charge in [-0.25, -0.2) is 4.98 Å². The second-order valence-corrected chi connectivity index (χ2v) is 9.36. The van der Waals surface area contributed by atoms with Crippen molar-refractivity contribution < 1.29 is 9.47 Å². The molecular formula is C29H32N6O2. The SMILES string of the molecule is COCCn1c(CN2CCN(c3cccc(OCc4ccc(C#N)cc4)n3)C[C@@H]2C)nc2ccccc21. The summed E-state index contributed by atoms with van der Waals surface area (Å²) in [6, 6.07) is 24.1. The molecule has 0 radical (unpaired) electrons. The van der Waals surface area contributed by atoms with Crippen LogP contribution in [0.4, 0.5) is 5.82 Å². The second-order valence-electron chi connectivity index (χ2n) is 9.36. The molecule has 1 fully saturated rings. The van der Waals surface area contributed by atoms with Crippen molar-refractivity contribution in [2.75, 3.05) is 38.3 Å². The predicted octanol–water partition coefficient (Wildman–Crippen LogP) is 4.24. The smallest absolute Gasteiger partial charge is 0.215 e. The molecule has 3 heterocycles. The van der Waals surface area contributed by atoms with Gasteiger partial charge in [0.2, 0.25) is 5.88 Å². The molecule has 0 aliphatic carbocycles. The number of anilines is 1. The molecule has 4 aromatic rings. The van der Waals surface area contributed by atoms with E-state index in [0.29, 0.717) is 30.7 Å². The molecule has 190 valence electrons. The number of benzene rings is 2. The van der Waals surface area contributed by atoms with Gasteiger partial charge in [0.05, 0.1) is 35.8 Å². The van der Waals surface area contributed by atoms with Crippen LogP contribution < -0.4 is 9.64 Å². The number of ether oxygens (including phenoxy) is 2. The monoisotopic (exact) mass is 496 g/mol. The first-order valence-corrected chi connectivity index (χ1v) is 12.7. The third kappa shape index (κ3) is 5.74. The summed E-state index contributed by atoms with van der Waals surface area (Å²) in [4.78, 5) is 14.5. The van der Waals surface area contributed by atoms with Gasteiger partial charge < -0.3 is 18.9 Å². The molecule has 2 aromatic heterocycles. The van der Waals surface area contributed by atoms with Crippen LogP contribution in [0.2, 0.25) is 0 Å². The Bertz CT molecular complexity index is 1380. The number of piperazine rings is 1. The van der Waals surface area contributed by atoms with Crippen LogP contribution >= 0.6 is 0 Å². The molecule has 0 N–H and O–H groups in total. The quantitative estimate of drug-likeness (QED) is 0.343. The zero-order chi connectivity index (χ0) is 25.6. The fraction of sp³-hybridized carbons (Fsp3) is 0.345. The molecule has 0 unspecified atom stereocenters. The topological polar surface area (TPSA) is 79.4 Å². The Balaban J connectivity index is 1.22. The summed E-state index contributed by atoms with van der Waals surface area (Å²) < 4.78 is 13.6. The van der Waals surface area contributed by atoms with Crippen molar-refractivity contribution in [3.05, 3.63) is 83.7 Å². The molecule has 0 amide bonds. The van der Waals surface area contributed by atoms with Crippen LogP contribution in [0.15, 0.2) is 66.7 Å². The Labute approximate surface area is 217 Å². The number of imidazole rings is 1. The predicted molar refractivity (Wildman–Crippen MR) is 143 cm³/mol. The van der Waals surface area contributed by atoms with E-state index in [9.17, 15) is 0 Å². The van der Waals surface area contributed by atoms with E-state index in [0.717, 1.165) is 61.0 Å². The second kappa shape index (κ2) is 11.4. The minimum Gasteiger partial charge on any atom is -0.473 e. The Morgan fingerprint density at radius 2 is 1.84 bits per heavy atom. The molecule has 5 rings (SSSR count). The van der Waals surface area contributed by atoms with Crippen LogP contribution in [-0.2, 0) is 24.4 Å². The maximum absolute atomic E-state index is 8.97. The first-order valence-electron chi connectivity index (χ1n) is 12.7. The largest absolute Gasteiger partial charge is 0.473 e. The van der Waals surface area contributed by atoms with Gasteiger partial charge in [0.1, 0.15) is 18.2 Å². The van der Waals surface area contributed by atoms with Gasteiger partial charge in [-0.3, -0.25) is 4.90 Å². The van der Waals surface area contributed by atoms with Crippen molar-refractivity contribution in [1.82, 2.24) is 19.4 Å². The van der Waals surface area contributed by atoms with Crippen molar-refractivity contribution in [2.24, 2.45) is 0 Å². The molecule has 1 saturated heterocycles. The van der Waals surface area contributed by atoms with Gasteiger partial charge in [-0.15, -0.1) is 0 Å². The van der Waals surface area contributed by atoms with Gasteiger partial charge in [-0.05, 0) is 42.8 Å². The van der Waals surface area contributed by atoms with Gasteiger partial charge in [0.15, 0.2) is 0 Å². The number of para-hydroxylation sites is 2. The van der Waals surface area contributed by atoms with E-state index >= 15 is 0 Å². The van der Waals surface area contributed by atoms with Crippen LogP contribution in [0.1, 0.15) is 23.9 Å². The summed E-state index contributed by atoms with van der Waals surface area (Å²) in [5.74, 6) is 2.61. The molecule has 1 atom stereocenters. The zero-order valence-corrected chi connectivity index (χ0v) is 21.4. The maximum atomic E-state index is 8.97. The van der Waals surface area contributed by atoms with E-state index in [1.54, 1.807) is 19.2 Å². The molecule has 2 aromatic carbocycles. The lowest BCUT2D eigenvalue weighted by Crippen LogP contribution is -2.52. The van der Waals surface area contributed by atoms with Crippen molar-refractivity contribution >= 4 is 16.9 Å².